The van der Waals surface area contributed by atoms with Crippen molar-refractivity contribution in [2.24, 2.45) is 0 Å². The summed E-state index contributed by atoms with van der Waals surface area (Å²) in [6.07, 6.45) is 1.09. The number of sulfonamides is 1. The molecule has 1 aliphatic heterocycles. The van der Waals surface area contributed by atoms with E-state index in [0.717, 1.165) is 11.3 Å². The van der Waals surface area contributed by atoms with Crippen molar-refractivity contribution in [3.63, 3.8) is 0 Å². The highest BCUT2D eigenvalue weighted by atomic mass is 32.2. The van der Waals surface area contributed by atoms with Gasteiger partial charge in [-0.2, -0.15) is 4.31 Å². The van der Waals surface area contributed by atoms with Crippen LogP contribution >= 0.6 is 0 Å². The van der Waals surface area contributed by atoms with Crippen LogP contribution in [0.15, 0.2) is 83.9 Å². The van der Waals surface area contributed by atoms with Gasteiger partial charge >= 0.3 is 0 Å². The van der Waals surface area contributed by atoms with Crippen LogP contribution in [0.2, 0.25) is 0 Å². The second-order valence-corrected chi connectivity index (χ2v) is 8.47. The summed E-state index contributed by atoms with van der Waals surface area (Å²) in [6.45, 7) is 0.200. The van der Waals surface area contributed by atoms with Crippen molar-refractivity contribution in [2.45, 2.75) is 30.0 Å². The fourth-order valence-electron chi connectivity index (χ4n) is 3.54. The highest BCUT2D eigenvalue weighted by Gasteiger charge is 2.43. The molecule has 0 saturated carbocycles. The van der Waals surface area contributed by atoms with Gasteiger partial charge in [0.25, 0.3) is 0 Å². The monoisotopic (exact) mass is 380 g/mol. The van der Waals surface area contributed by atoms with Gasteiger partial charge in [0, 0.05) is 30.4 Å². The lowest BCUT2D eigenvalue weighted by Gasteiger charge is -2.39. The molecule has 27 heavy (non-hydrogen) atoms. The largest absolute Gasteiger partial charge is 0.387 e. The Bertz CT molecular complexity index is 1020. The van der Waals surface area contributed by atoms with Gasteiger partial charge in [0.2, 0.25) is 10.0 Å². The molecule has 0 fully saturated rings. The van der Waals surface area contributed by atoms with Crippen molar-refractivity contribution in [3.8, 4) is 0 Å². The summed E-state index contributed by atoms with van der Waals surface area (Å²) in [4.78, 5) is 4.49. The van der Waals surface area contributed by atoms with Gasteiger partial charge in [-0.15, -0.1) is 0 Å². The molecule has 2 heterocycles. The van der Waals surface area contributed by atoms with Crippen LogP contribution in [0.1, 0.15) is 22.9 Å². The van der Waals surface area contributed by atoms with E-state index < -0.39 is 22.2 Å². The first-order chi connectivity index (χ1) is 13.1. The molecule has 2 aromatic carbocycles. The number of hydrogen-bond acceptors (Lipinski definition) is 4. The Hall–Kier alpha value is -2.54. The lowest BCUT2D eigenvalue weighted by Crippen LogP contribution is -2.48. The molecule has 4 rings (SSSR count). The summed E-state index contributed by atoms with van der Waals surface area (Å²) in [7, 11) is -3.74. The van der Waals surface area contributed by atoms with E-state index in [1.54, 1.807) is 30.5 Å². The van der Waals surface area contributed by atoms with Gasteiger partial charge in [0.05, 0.1) is 17.0 Å². The molecule has 0 radical (unpaired) electrons. The predicted octanol–water partition coefficient (Wildman–Crippen LogP) is 2.93. The zero-order valence-electron chi connectivity index (χ0n) is 14.6. The third-order valence-corrected chi connectivity index (χ3v) is 6.83. The minimum absolute atomic E-state index is 0.172. The van der Waals surface area contributed by atoms with E-state index in [9.17, 15) is 13.5 Å². The van der Waals surface area contributed by atoms with Gasteiger partial charge in [-0.3, -0.25) is 4.98 Å². The van der Waals surface area contributed by atoms with Crippen molar-refractivity contribution in [1.82, 2.24) is 9.29 Å². The molecule has 0 bridgehead atoms. The maximum atomic E-state index is 13.3. The standard InChI is InChI=1S/C21H20N2O3S/c24-21-18-11-4-5-12-20(18)27(25,26)23(15-16-8-2-1-3-9-16)19(21)14-17-10-6-7-13-22-17/h1-13,19,21,24H,14-15H2/t19-,21-/m0/s1. The number of rotatable bonds is 4. The normalized spacial score (nSPS) is 21.5. The molecule has 0 spiro atoms. The topological polar surface area (TPSA) is 70.5 Å². The van der Waals surface area contributed by atoms with Crippen LogP contribution in [0, 0.1) is 0 Å². The summed E-state index contributed by atoms with van der Waals surface area (Å²) in [6, 6.07) is 21.0. The van der Waals surface area contributed by atoms with Crippen LogP contribution in [-0.4, -0.2) is 28.9 Å². The number of pyridine rings is 1. The van der Waals surface area contributed by atoms with E-state index in [0.29, 0.717) is 12.0 Å². The predicted molar refractivity (Wildman–Crippen MR) is 102 cm³/mol. The molecular weight excluding hydrogens is 360 g/mol. The summed E-state index contributed by atoms with van der Waals surface area (Å²) < 4.78 is 28.1. The number of nitrogens with zero attached hydrogens (tertiary/aromatic N) is 2. The molecule has 5 nitrogen and oxygen atoms in total. The molecule has 0 unspecified atom stereocenters. The smallest absolute Gasteiger partial charge is 0.244 e. The summed E-state index contributed by atoms with van der Waals surface area (Å²) >= 11 is 0. The number of aliphatic hydroxyl groups is 1. The first-order valence-corrected chi connectivity index (χ1v) is 10.2. The number of hydrogen-bond donors (Lipinski definition) is 1. The van der Waals surface area contributed by atoms with E-state index in [4.69, 9.17) is 0 Å². The third kappa shape index (κ3) is 3.39. The Morgan fingerprint density at radius 1 is 0.926 bits per heavy atom. The first kappa shape index (κ1) is 17.9. The second kappa shape index (κ2) is 7.23. The van der Waals surface area contributed by atoms with Crippen LogP contribution in [0.25, 0.3) is 0 Å². The van der Waals surface area contributed by atoms with Gasteiger partial charge in [0.1, 0.15) is 0 Å². The first-order valence-electron chi connectivity index (χ1n) is 8.80. The van der Waals surface area contributed by atoms with Gasteiger partial charge in [-0.05, 0) is 23.8 Å². The average Bonchev–Trinajstić information content (AvgIpc) is 2.71. The molecule has 2 atom stereocenters. The van der Waals surface area contributed by atoms with E-state index in [-0.39, 0.29) is 11.4 Å². The molecule has 0 aliphatic carbocycles. The minimum Gasteiger partial charge on any atom is -0.387 e. The Labute approximate surface area is 159 Å². The van der Waals surface area contributed by atoms with Crippen molar-refractivity contribution >= 4 is 10.0 Å². The molecule has 1 aromatic heterocycles. The van der Waals surface area contributed by atoms with Crippen LogP contribution in [-0.2, 0) is 23.0 Å². The molecule has 1 N–H and O–H groups in total. The van der Waals surface area contributed by atoms with Gasteiger partial charge in [0.15, 0.2) is 0 Å². The van der Waals surface area contributed by atoms with Crippen LogP contribution < -0.4 is 0 Å². The Morgan fingerprint density at radius 3 is 2.37 bits per heavy atom. The van der Waals surface area contributed by atoms with Gasteiger partial charge in [-0.25, -0.2) is 8.42 Å². The molecule has 138 valence electrons. The van der Waals surface area contributed by atoms with Crippen LogP contribution in [0.5, 0.6) is 0 Å². The zero-order chi connectivity index (χ0) is 18.9. The fourth-order valence-corrected chi connectivity index (χ4v) is 5.40. The maximum absolute atomic E-state index is 13.3. The van der Waals surface area contributed by atoms with Crippen LogP contribution in [0.3, 0.4) is 0 Å². The molecule has 0 amide bonds. The van der Waals surface area contributed by atoms with E-state index in [2.05, 4.69) is 4.98 Å². The van der Waals surface area contributed by atoms with E-state index in [1.165, 1.54) is 4.31 Å². The van der Waals surface area contributed by atoms with E-state index >= 15 is 0 Å². The Balaban J connectivity index is 1.80. The Kier molecular flexibility index (Phi) is 4.78. The third-order valence-electron chi connectivity index (χ3n) is 4.88. The SMILES string of the molecule is O=S1(=O)c2ccccc2[C@H](O)[C@H](Cc2ccccn2)N1Cc1ccccc1. The summed E-state index contributed by atoms with van der Waals surface area (Å²) in [5, 5.41) is 11.0. The molecule has 6 heteroatoms. The fraction of sp³-hybridized carbons (Fsp3) is 0.190. The van der Waals surface area contributed by atoms with Crippen molar-refractivity contribution in [2.75, 3.05) is 0 Å². The number of benzene rings is 2. The van der Waals surface area contributed by atoms with Gasteiger partial charge < -0.3 is 5.11 Å². The van der Waals surface area contributed by atoms with Gasteiger partial charge in [-0.1, -0.05) is 54.6 Å². The molecule has 3 aromatic rings. The number of aromatic nitrogens is 1. The zero-order valence-corrected chi connectivity index (χ0v) is 15.5. The Morgan fingerprint density at radius 2 is 1.63 bits per heavy atom. The summed E-state index contributed by atoms with van der Waals surface area (Å²) in [5.74, 6) is 0. The molecule has 1 aliphatic rings. The number of aliphatic hydroxyl groups excluding tert-OH is 1. The highest BCUT2D eigenvalue weighted by Crippen LogP contribution is 2.38. The summed E-state index contributed by atoms with van der Waals surface area (Å²) in [5.41, 5.74) is 2.07. The molecule has 0 saturated heterocycles. The van der Waals surface area contributed by atoms with Crippen molar-refractivity contribution in [3.05, 3.63) is 95.8 Å². The molecular formula is C21H20N2O3S. The average molecular weight is 380 g/mol. The lowest BCUT2D eigenvalue weighted by atomic mass is 9.97. The maximum Gasteiger partial charge on any atom is 0.244 e. The lowest BCUT2D eigenvalue weighted by molar-refractivity contribution is 0.0764. The van der Waals surface area contributed by atoms with Crippen LogP contribution in [0.4, 0.5) is 0 Å². The minimum atomic E-state index is -3.74. The van der Waals surface area contributed by atoms with Crippen molar-refractivity contribution < 1.29 is 13.5 Å². The van der Waals surface area contributed by atoms with Crippen molar-refractivity contribution in [1.29, 1.82) is 0 Å². The quantitative estimate of drug-likeness (QED) is 0.756. The van der Waals surface area contributed by atoms with E-state index in [1.807, 2.05) is 48.5 Å². The second-order valence-electron chi connectivity index (χ2n) is 6.61. The number of fused-ring (bicyclic) bond motifs is 1. The highest BCUT2D eigenvalue weighted by molar-refractivity contribution is 7.89.